The molecular weight excluding hydrogens is 254 g/mol. The number of halogens is 2. The van der Waals surface area contributed by atoms with Gasteiger partial charge in [-0.25, -0.2) is 8.78 Å². The Hall–Kier alpha value is -2.01. The number of hydrogen-bond acceptors (Lipinski definition) is 1. The second-order valence-electron chi connectivity index (χ2n) is 3.60. The van der Waals surface area contributed by atoms with Crippen molar-refractivity contribution < 1.29 is 8.78 Å². The van der Waals surface area contributed by atoms with Gasteiger partial charge in [0.15, 0.2) is 5.11 Å². The molecule has 0 bridgehead atoms. The van der Waals surface area contributed by atoms with Gasteiger partial charge in [-0.15, -0.1) is 0 Å². The van der Waals surface area contributed by atoms with Crippen LogP contribution in [0.3, 0.4) is 0 Å². The Kier molecular flexibility index (Phi) is 3.84. The summed E-state index contributed by atoms with van der Waals surface area (Å²) in [5.74, 6) is -1.31. The molecule has 0 aliphatic carbocycles. The fourth-order valence-corrected chi connectivity index (χ4v) is 1.68. The fraction of sp³-hybridized carbons (Fsp3) is 0. The van der Waals surface area contributed by atoms with Crippen molar-refractivity contribution in [3.05, 3.63) is 60.2 Å². The van der Waals surface area contributed by atoms with Crippen LogP contribution in [0.25, 0.3) is 0 Å². The minimum absolute atomic E-state index is 0.265. The van der Waals surface area contributed by atoms with E-state index < -0.39 is 11.6 Å². The Balaban J connectivity index is 2.03. The minimum Gasteiger partial charge on any atom is -0.332 e. The van der Waals surface area contributed by atoms with Gasteiger partial charge < -0.3 is 10.6 Å². The van der Waals surface area contributed by atoms with Crippen molar-refractivity contribution in [2.45, 2.75) is 0 Å². The topological polar surface area (TPSA) is 24.1 Å². The summed E-state index contributed by atoms with van der Waals surface area (Å²) in [5, 5.41) is 5.89. The van der Waals surface area contributed by atoms with Gasteiger partial charge in [-0.05, 0) is 36.5 Å². The first-order valence-electron chi connectivity index (χ1n) is 5.22. The molecular formula is C13H10F2N2S. The Morgan fingerprint density at radius 3 is 2.00 bits per heavy atom. The molecule has 2 nitrogen and oxygen atoms in total. The third-order valence-electron chi connectivity index (χ3n) is 2.15. The lowest BCUT2D eigenvalue weighted by Crippen LogP contribution is -2.19. The molecule has 0 aromatic heterocycles. The van der Waals surface area contributed by atoms with Crippen molar-refractivity contribution in [3.63, 3.8) is 0 Å². The molecule has 0 fully saturated rings. The van der Waals surface area contributed by atoms with Crippen molar-refractivity contribution in [2.24, 2.45) is 0 Å². The van der Waals surface area contributed by atoms with Crippen LogP contribution < -0.4 is 10.6 Å². The van der Waals surface area contributed by atoms with Crippen LogP contribution in [0.5, 0.6) is 0 Å². The van der Waals surface area contributed by atoms with E-state index in [1.54, 1.807) is 0 Å². The molecule has 0 spiro atoms. The van der Waals surface area contributed by atoms with Crippen molar-refractivity contribution in [1.82, 2.24) is 0 Å². The molecule has 0 aliphatic rings. The van der Waals surface area contributed by atoms with Crippen LogP contribution in [-0.2, 0) is 0 Å². The molecule has 0 unspecified atom stereocenters. The normalized spacial score (nSPS) is 9.89. The van der Waals surface area contributed by atoms with Gasteiger partial charge in [-0.3, -0.25) is 0 Å². The molecule has 0 aliphatic heterocycles. The molecule has 0 radical (unpaired) electrons. The van der Waals surface area contributed by atoms with E-state index in [9.17, 15) is 8.78 Å². The maximum absolute atomic E-state index is 13.0. The maximum Gasteiger partial charge on any atom is 0.175 e. The van der Waals surface area contributed by atoms with Crippen molar-refractivity contribution >= 4 is 28.7 Å². The monoisotopic (exact) mass is 264 g/mol. The summed E-state index contributed by atoms with van der Waals surface area (Å²) in [7, 11) is 0. The van der Waals surface area contributed by atoms with Crippen LogP contribution in [-0.4, -0.2) is 5.11 Å². The molecule has 2 aromatic rings. The zero-order chi connectivity index (χ0) is 13.0. The van der Waals surface area contributed by atoms with Crippen LogP contribution in [0, 0.1) is 11.6 Å². The summed E-state index contributed by atoms with van der Waals surface area (Å²) < 4.78 is 25.9. The SMILES string of the molecule is Fc1cc(F)cc(NC(=S)Nc2ccccc2)c1. The Bertz CT molecular complexity index is 538. The molecule has 0 atom stereocenters. The third kappa shape index (κ3) is 3.49. The number of para-hydroxylation sites is 1. The number of thiocarbonyl (C=S) groups is 1. The van der Waals surface area contributed by atoms with E-state index in [2.05, 4.69) is 10.6 Å². The smallest absolute Gasteiger partial charge is 0.175 e. The maximum atomic E-state index is 13.0. The first-order chi connectivity index (χ1) is 8.63. The van der Waals surface area contributed by atoms with E-state index in [1.807, 2.05) is 30.3 Å². The lowest BCUT2D eigenvalue weighted by atomic mass is 10.3. The molecule has 0 heterocycles. The largest absolute Gasteiger partial charge is 0.332 e. The van der Waals surface area contributed by atoms with Gasteiger partial charge in [0.2, 0.25) is 0 Å². The summed E-state index contributed by atoms with van der Waals surface area (Å²) in [5.41, 5.74) is 1.06. The second-order valence-corrected chi connectivity index (χ2v) is 4.01. The van der Waals surface area contributed by atoms with Crippen LogP contribution in [0.2, 0.25) is 0 Å². The van der Waals surface area contributed by atoms with Gasteiger partial charge in [-0.1, -0.05) is 18.2 Å². The van der Waals surface area contributed by atoms with E-state index in [4.69, 9.17) is 12.2 Å². The molecule has 2 rings (SSSR count). The quantitative estimate of drug-likeness (QED) is 0.807. The Labute approximate surface area is 109 Å². The highest BCUT2D eigenvalue weighted by atomic mass is 32.1. The number of anilines is 2. The van der Waals surface area contributed by atoms with Gasteiger partial charge in [0.05, 0.1) is 0 Å². The van der Waals surface area contributed by atoms with Gasteiger partial charge in [0, 0.05) is 17.4 Å². The Morgan fingerprint density at radius 2 is 1.39 bits per heavy atom. The van der Waals surface area contributed by atoms with E-state index >= 15 is 0 Å². The van der Waals surface area contributed by atoms with Crippen molar-refractivity contribution in [1.29, 1.82) is 0 Å². The summed E-state index contributed by atoms with van der Waals surface area (Å²) in [6.07, 6.45) is 0. The summed E-state index contributed by atoms with van der Waals surface area (Å²) in [4.78, 5) is 0. The van der Waals surface area contributed by atoms with Crippen molar-refractivity contribution in [2.75, 3.05) is 10.6 Å². The van der Waals surface area contributed by atoms with Crippen LogP contribution in [0.4, 0.5) is 20.2 Å². The Morgan fingerprint density at radius 1 is 0.833 bits per heavy atom. The molecule has 5 heteroatoms. The van der Waals surface area contributed by atoms with Crippen LogP contribution in [0.15, 0.2) is 48.5 Å². The van der Waals surface area contributed by atoms with Gasteiger partial charge in [0.25, 0.3) is 0 Å². The predicted octanol–water partition coefficient (Wildman–Crippen LogP) is 3.77. The highest BCUT2D eigenvalue weighted by Crippen LogP contribution is 2.13. The minimum atomic E-state index is -0.653. The van der Waals surface area contributed by atoms with Crippen LogP contribution in [0.1, 0.15) is 0 Å². The number of hydrogen-bond donors (Lipinski definition) is 2. The molecule has 0 saturated heterocycles. The first-order valence-corrected chi connectivity index (χ1v) is 5.63. The lowest BCUT2D eigenvalue weighted by Gasteiger charge is -2.10. The van der Waals surface area contributed by atoms with Gasteiger partial charge >= 0.3 is 0 Å². The highest BCUT2D eigenvalue weighted by molar-refractivity contribution is 7.80. The molecule has 18 heavy (non-hydrogen) atoms. The fourth-order valence-electron chi connectivity index (χ4n) is 1.44. The van der Waals surface area contributed by atoms with Gasteiger partial charge in [0.1, 0.15) is 11.6 Å². The van der Waals surface area contributed by atoms with E-state index in [0.29, 0.717) is 0 Å². The average molecular weight is 264 g/mol. The molecule has 2 N–H and O–H groups in total. The van der Waals surface area contributed by atoms with E-state index in [1.165, 1.54) is 12.1 Å². The second kappa shape index (κ2) is 5.55. The van der Waals surface area contributed by atoms with Crippen molar-refractivity contribution in [3.8, 4) is 0 Å². The zero-order valence-corrected chi connectivity index (χ0v) is 10.1. The highest BCUT2D eigenvalue weighted by Gasteiger charge is 2.02. The number of nitrogens with one attached hydrogen (secondary N) is 2. The van der Waals surface area contributed by atoms with E-state index in [0.717, 1.165) is 11.8 Å². The number of rotatable bonds is 2. The zero-order valence-electron chi connectivity index (χ0n) is 9.28. The molecule has 92 valence electrons. The van der Waals surface area contributed by atoms with Crippen LogP contribution >= 0.6 is 12.2 Å². The molecule has 0 amide bonds. The predicted molar refractivity (Wildman–Crippen MR) is 72.6 cm³/mol. The van der Waals surface area contributed by atoms with Gasteiger partial charge in [-0.2, -0.15) is 0 Å². The lowest BCUT2D eigenvalue weighted by molar-refractivity contribution is 0.584. The number of benzene rings is 2. The average Bonchev–Trinajstić information content (AvgIpc) is 2.28. The third-order valence-corrected chi connectivity index (χ3v) is 2.36. The summed E-state index contributed by atoms with van der Waals surface area (Å²) in [6.45, 7) is 0. The first kappa shape index (κ1) is 12.4. The standard InChI is InChI=1S/C13H10F2N2S/c14-9-6-10(15)8-12(7-9)17-13(18)16-11-4-2-1-3-5-11/h1-8H,(H2,16,17,18). The molecule has 2 aromatic carbocycles. The van der Waals surface area contributed by atoms with E-state index in [-0.39, 0.29) is 10.8 Å². The molecule has 0 saturated carbocycles. The summed E-state index contributed by atoms with van der Waals surface area (Å²) in [6, 6.07) is 12.4. The summed E-state index contributed by atoms with van der Waals surface area (Å²) >= 11 is 5.04.